The Morgan fingerprint density at radius 2 is 2.14 bits per heavy atom. The number of thiol groups is 1. The zero-order valence-corrected chi connectivity index (χ0v) is 10.3. The lowest BCUT2D eigenvalue weighted by Crippen LogP contribution is -2.36. The van der Waals surface area contributed by atoms with Gasteiger partial charge in [-0.1, -0.05) is 19.9 Å². The van der Waals surface area contributed by atoms with E-state index < -0.39 is 0 Å². The van der Waals surface area contributed by atoms with Crippen LogP contribution < -0.4 is 0 Å². The third-order valence-corrected chi connectivity index (χ3v) is 2.98. The van der Waals surface area contributed by atoms with E-state index in [9.17, 15) is 4.79 Å². The van der Waals surface area contributed by atoms with Gasteiger partial charge in [0.25, 0.3) is 0 Å². The standard InChI is InChI=1S/C11H21NOS/c1-5-6-7-8-12(4)11(13)10(14)9(2)3/h5,9-10,14H,1,6-8H2,2-4H3. The molecule has 0 bridgehead atoms. The molecule has 0 heterocycles. The summed E-state index contributed by atoms with van der Waals surface area (Å²) in [4.78, 5) is 13.5. The van der Waals surface area contributed by atoms with Gasteiger partial charge in [-0.2, -0.15) is 12.6 Å². The van der Waals surface area contributed by atoms with E-state index in [0.717, 1.165) is 19.4 Å². The number of rotatable bonds is 6. The summed E-state index contributed by atoms with van der Waals surface area (Å²) in [6.45, 7) is 8.45. The first-order chi connectivity index (χ1) is 6.50. The number of unbranched alkanes of at least 4 members (excludes halogenated alkanes) is 1. The Balaban J connectivity index is 3.92. The van der Waals surface area contributed by atoms with Crippen molar-refractivity contribution in [2.75, 3.05) is 13.6 Å². The molecule has 0 aromatic rings. The molecule has 0 spiro atoms. The molecule has 1 atom stereocenters. The number of hydrogen-bond acceptors (Lipinski definition) is 2. The maximum absolute atomic E-state index is 11.7. The highest BCUT2D eigenvalue weighted by atomic mass is 32.1. The van der Waals surface area contributed by atoms with Gasteiger partial charge in [0.2, 0.25) is 5.91 Å². The summed E-state index contributed by atoms with van der Waals surface area (Å²) < 4.78 is 0. The Labute approximate surface area is 92.8 Å². The van der Waals surface area contributed by atoms with Crippen molar-refractivity contribution in [3.8, 4) is 0 Å². The Hall–Kier alpha value is -0.440. The maximum Gasteiger partial charge on any atom is 0.235 e. The van der Waals surface area contributed by atoms with Gasteiger partial charge in [0.05, 0.1) is 5.25 Å². The van der Waals surface area contributed by atoms with Gasteiger partial charge in [0.15, 0.2) is 0 Å². The molecular weight excluding hydrogens is 194 g/mol. The van der Waals surface area contributed by atoms with Gasteiger partial charge < -0.3 is 4.90 Å². The monoisotopic (exact) mass is 215 g/mol. The SMILES string of the molecule is C=CCCCN(C)C(=O)C(S)C(C)C. The van der Waals surface area contributed by atoms with E-state index in [0.29, 0.717) is 0 Å². The van der Waals surface area contributed by atoms with E-state index in [2.05, 4.69) is 19.2 Å². The van der Waals surface area contributed by atoms with Crippen LogP contribution >= 0.6 is 12.6 Å². The summed E-state index contributed by atoms with van der Waals surface area (Å²) in [6.07, 6.45) is 3.81. The fourth-order valence-electron chi connectivity index (χ4n) is 1.09. The van der Waals surface area contributed by atoms with Gasteiger partial charge in [0.1, 0.15) is 0 Å². The Morgan fingerprint density at radius 1 is 1.57 bits per heavy atom. The molecule has 0 saturated carbocycles. The lowest BCUT2D eigenvalue weighted by atomic mass is 10.1. The molecular formula is C11H21NOS. The van der Waals surface area contributed by atoms with Gasteiger partial charge in [0, 0.05) is 13.6 Å². The zero-order chi connectivity index (χ0) is 11.1. The molecule has 0 aliphatic heterocycles. The number of carbonyl (C=O) groups excluding carboxylic acids is 1. The molecule has 0 aromatic carbocycles. The first kappa shape index (κ1) is 13.6. The highest BCUT2D eigenvalue weighted by molar-refractivity contribution is 7.81. The van der Waals surface area contributed by atoms with Crippen LogP contribution in [-0.2, 0) is 4.79 Å². The van der Waals surface area contributed by atoms with Gasteiger partial charge >= 0.3 is 0 Å². The summed E-state index contributed by atoms with van der Waals surface area (Å²) in [6, 6.07) is 0. The van der Waals surface area contributed by atoms with Crippen molar-refractivity contribution in [3.63, 3.8) is 0 Å². The van der Waals surface area contributed by atoms with Crippen LogP contribution in [0.15, 0.2) is 12.7 Å². The molecule has 0 N–H and O–H groups in total. The number of amides is 1. The highest BCUT2D eigenvalue weighted by Gasteiger charge is 2.20. The molecule has 3 heteroatoms. The average Bonchev–Trinajstić information content (AvgIpc) is 2.15. The van der Waals surface area contributed by atoms with Crippen molar-refractivity contribution < 1.29 is 4.79 Å². The molecule has 2 nitrogen and oxygen atoms in total. The van der Waals surface area contributed by atoms with Gasteiger partial charge in [-0.05, 0) is 18.8 Å². The van der Waals surface area contributed by atoms with Crippen LogP contribution in [0.4, 0.5) is 0 Å². The first-order valence-corrected chi connectivity index (χ1v) is 5.56. The lowest BCUT2D eigenvalue weighted by molar-refractivity contribution is -0.130. The van der Waals surface area contributed by atoms with Crippen molar-refractivity contribution in [2.45, 2.75) is 31.9 Å². The van der Waals surface area contributed by atoms with E-state index in [1.165, 1.54) is 0 Å². The number of allylic oxidation sites excluding steroid dienone is 1. The second-order valence-electron chi connectivity index (χ2n) is 3.88. The highest BCUT2D eigenvalue weighted by Crippen LogP contribution is 2.11. The number of carbonyl (C=O) groups is 1. The molecule has 82 valence electrons. The smallest absolute Gasteiger partial charge is 0.235 e. The van der Waals surface area contributed by atoms with Crippen molar-refractivity contribution in [3.05, 3.63) is 12.7 Å². The quantitative estimate of drug-likeness (QED) is 0.410. The summed E-state index contributed by atoms with van der Waals surface area (Å²) in [5.74, 6) is 0.403. The molecule has 0 radical (unpaired) electrons. The molecule has 0 rings (SSSR count). The van der Waals surface area contributed by atoms with Crippen LogP contribution in [0.25, 0.3) is 0 Å². The topological polar surface area (TPSA) is 20.3 Å². The third-order valence-electron chi connectivity index (χ3n) is 2.16. The normalized spacial score (nSPS) is 12.6. The molecule has 0 saturated heterocycles. The molecule has 1 amide bonds. The molecule has 0 aliphatic rings. The van der Waals surface area contributed by atoms with E-state index in [4.69, 9.17) is 0 Å². The first-order valence-electron chi connectivity index (χ1n) is 5.04. The van der Waals surface area contributed by atoms with E-state index >= 15 is 0 Å². The second kappa shape index (κ2) is 6.93. The Bertz CT molecular complexity index is 192. The predicted molar refractivity (Wildman–Crippen MR) is 64.7 cm³/mol. The number of hydrogen-bond donors (Lipinski definition) is 1. The van der Waals surface area contributed by atoms with Crippen molar-refractivity contribution in [1.82, 2.24) is 4.90 Å². The minimum Gasteiger partial charge on any atom is -0.345 e. The van der Waals surface area contributed by atoms with Gasteiger partial charge in [-0.3, -0.25) is 4.79 Å². The van der Waals surface area contributed by atoms with E-state index in [1.54, 1.807) is 4.90 Å². The van der Waals surface area contributed by atoms with Crippen LogP contribution in [-0.4, -0.2) is 29.6 Å². The van der Waals surface area contributed by atoms with E-state index in [-0.39, 0.29) is 17.1 Å². The minimum atomic E-state index is -0.177. The van der Waals surface area contributed by atoms with Crippen LogP contribution in [0, 0.1) is 5.92 Å². The molecule has 0 aliphatic carbocycles. The fourth-order valence-corrected chi connectivity index (χ4v) is 1.29. The molecule has 0 fully saturated rings. The van der Waals surface area contributed by atoms with E-state index in [1.807, 2.05) is 27.0 Å². The van der Waals surface area contributed by atoms with Gasteiger partial charge in [-0.15, -0.1) is 6.58 Å². The second-order valence-corrected chi connectivity index (χ2v) is 4.44. The third kappa shape index (κ3) is 4.70. The minimum absolute atomic E-state index is 0.118. The summed E-state index contributed by atoms with van der Waals surface area (Å²) in [7, 11) is 1.83. The summed E-state index contributed by atoms with van der Waals surface area (Å²) in [5.41, 5.74) is 0. The summed E-state index contributed by atoms with van der Waals surface area (Å²) >= 11 is 4.29. The van der Waals surface area contributed by atoms with Crippen LogP contribution in [0.3, 0.4) is 0 Å². The predicted octanol–water partition coefficient (Wildman–Crippen LogP) is 2.37. The molecule has 14 heavy (non-hydrogen) atoms. The van der Waals surface area contributed by atoms with Crippen molar-refractivity contribution in [1.29, 1.82) is 0 Å². The van der Waals surface area contributed by atoms with Gasteiger partial charge in [-0.25, -0.2) is 0 Å². The lowest BCUT2D eigenvalue weighted by Gasteiger charge is -2.22. The zero-order valence-electron chi connectivity index (χ0n) is 9.36. The average molecular weight is 215 g/mol. The fraction of sp³-hybridized carbons (Fsp3) is 0.727. The molecule has 1 unspecified atom stereocenters. The molecule has 0 aromatic heterocycles. The maximum atomic E-state index is 11.7. The Morgan fingerprint density at radius 3 is 2.57 bits per heavy atom. The largest absolute Gasteiger partial charge is 0.345 e. The van der Waals surface area contributed by atoms with Crippen LogP contribution in [0.2, 0.25) is 0 Å². The van der Waals surface area contributed by atoms with Crippen molar-refractivity contribution in [2.24, 2.45) is 5.92 Å². The van der Waals surface area contributed by atoms with Crippen LogP contribution in [0.1, 0.15) is 26.7 Å². The summed E-state index contributed by atoms with van der Waals surface area (Å²) in [5, 5.41) is -0.177. The number of nitrogens with zero attached hydrogens (tertiary/aromatic N) is 1. The van der Waals surface area contributed by atoms with Crippen LogP contribution in [0.5, 0.6) is 0 Å². The van der Waals surface area contributed by atoms with Crippen molar-refractivity contribution >= 4 is 18.5 Å². The Kier molecular flexibility index (Phi) is 6.71.